The molecule has 5 N–H and O–H groups in total. The summed E-state index contributed by atoms with van der Waals surface area (Å²) >= 11 is 0. The van der Waals surface area contributed by atoms with Gasteiger partial charge in [0.2, 0.25) is 22.8 Å². The van der Waals surface area contributed by atoms with Crippen molar-refractivity contribution in [3.8, 4) is 0 Å². The van der Waals surface area contributed by atoms with Gasteiger partial charge in [-0.1, -0.05) is 36.4 Å². The predicted octanol–water partition coefficient (Wildman–Crippen LogP) is 5.66. The maximum atomic E-state index is 12.2. The van der Waals surface area contributed by atoms with Gasteiger partial charge < -0.3 is 9.80 Å². The van der Waals surface area contributed by atoms with Gasteiger partial charge in [-0.2, -0.15) is 25.3 Å². The Morgan fingerprint density at radius 2 is 0.872 bits per heavy atom. The number of pyridine rings is 1. The minimum absolute atomic E-state index is 0.283. The number of fused-ring (bicyclic) bond motifs is 4. The van der Waals surface area contributed by atoms with E-state index >= 15 is 0 Å². The van der Waals surface area contributed by atoms with Crippen LogP contribution in [0.25, 0.3) is 22.3 Å². The van der Waals surface area contributed by atoms with E-state index in [-0.39, 0.29) is 14.7 Å². The number of hydrogen-bond donors (Lipinski definition) is 5. The molecule has 0 unspecified atom stereocenters. The molecule has 0 fully saturated rings. The molecular formula is C59H50N7O9S3+3. The molecule has 11 rings (SSSR count). The number of nitrogens with one attached hydrogen (secondary N) is 2. The summed E-state index contributed by atoms with van der Waals surface area (Å²) < 4.78 is 105. The van der Waals surface area contributed by atoms with Crippen molar-refractivity contribution >= 4 is 75.5 Å². The molecule has 8 bridgehead atoms. The number of aliphatic imine (C=N–C) groups is 2. The lowest BCUT2D eigenvalue weighted by Gasteiger charge is -2.20. The summed E-state index contributed by atoms with van der Waals surface area (Å²) in [4.78, 5) is 21.0. The van der Waals surface area contributed by atoms with Crippen LogP contribution in [0, 0.1) is 0 Å². The van der Waals surface area contributed by atoms with E-state index in [9.17, 15) is 38.9 Å². The number of aromatic nitrogens is 1. The summed E-state index contributed by atoms with van der Waals surface area (Å²) in [5.74, 6) is 0. The molecule has 4 aromatic rings. The van der Waals surface area contributed by atoms with Gasteiger partial charge in [-0.25, -0.2) is 24.5 Å². The molecule has 0 saturated heterocycles. The van der Waals surface area contributed by atoms with Crippen LogP contribution in [0.15, 0.2) is 254 Å². The third-order valence-corrected chi connectivity index (χ3v) is 16.4. The molecule has 78 heavy (non-hydrogen) atoms. The molecule has 0 saturated carbocycles. The number of hydrogen-bond acceptors (Lipinski definition) is 10. The van der Waals surface area contributed by atoms with Crippen LogP contribution in [0.4, 0.5) is 0 Å². The van der Waals surface area contributed by atoms with Crippen molar-refractivity contribution in [2.75, 3.05) is 13.6 Å². The summed E-state index contributed by atoms with van der Waals surface area (Å²) in [6, 6.07) is 21.5. The van der Waals surface area contributed by atoms with E-state index in [2.05, 4.69) is 56.2 Å². The summed E-state index contributed by atoms with van der Waals surface area (Å²) in [7, 11) is -11.6. The first-order valence-corrected chi connectivity index (χ1v) is 29.1. The average molecular weight is 1100 g/mol. The Morgan fingerprint density at radius 3 is 1.38 bits per heavy atom. The van der Waals surface area contributed by atoms with Gasteiger partial charge in [0.25, 0.3) is 30.4 Å². The van der Waals surface area contributed by atoms with Crippen LogP contribution < -0.4 is 14.6 Å². The van der Waals surface area contributed by atoms with Crippen molar-refractivity contribution in [1.29, 1.82) is 0 Å². The lowest BCUT2D eigenvalue weighted by Crippen LogP contribution is -2.71. The van der Waals surface area contributed by atoms with Gasteiger partial charge >= 0.3 is 0 Å². The Kier molecular flexibility index (Phi) is 13.7. The largest absolute Gasteiger partial charge is 0.357 e. The van der Waals surface area contributed by atoms with Crippen LogP contribution in [0.5, 0.6) is 0 Å². The Bertz CT molecular complexity index is 4040. The van der Waals surface area contributed by atoms with Gasteiger partial charge in [0.1, 0.15) is 12.1 Å². The van der Waals surface area contributed by atoms with Gasteiger partial charge in [0.05, 0.1) is 48.7 Å². The summed E-state index contributed by atoms with van der Waals surface area (Å²) in [6.07, 6.45) is 38.9. The Labute approximate surface area is 451 Å². The Morgan fingerprint density at radius 1 is 0.449 bits per heavy atom. The third-order valence-electron chi connectivity index (χ3n) is 13.8. The van der Waals surface area contributed by atoms with Crippen molar-refractivity contribution in [3.63, 3.8) is 0 Å². The molecule has 390 valence electrons. The standard InChI is InChI=1S/C59H47N7O9S3/c1-64-33-25-39(26-34-64)40-27-35-65(36-28-40)31-3-2-4-32-66-37-29-44(30-38-66)59-54-23-21-52(62-54)57(42-7-13-46(14-8-42)77(70,71)72)50-19-17-48(60-50)56(41-5-11-45(12-6-41)76(67,68)69)49-18-20-51(61-49)58(53-22-24-55(59)63-53)43-9-15-47(16-10-43)78(73,74)75/h5-30,33-38H,2-4,31-32H2,1H3,(H2-,67,68,69,70,71,72,73,74,75)/p+3. The number of nitrogens with zero attached hydrogens (tertiary/aromatic N) is 5. The second-order valence-electron chi connectivity index (χ2n) is 19.0. The average Bonchev–Trinajstić information content (AvgIpc) is 4.38. The highest BCUT2D eigenvalue weighted by molar-refractivity contribution is 7.86. The van der Waals surface area contributed by atoms with Crippen molar-refractivity contribution in [2.24, 2.45) is 9.98 Å². The summed E-state index contributed by atoms with van der Waals surface area (Å²) in [5, 5.41) is 0. The van der Waals surface area contributed by atoms with Gasteiger partial charge in [-0.05, 0) is 131 Å². The number of rotatable bonds is 13. The van der Waals surface area contributed by atoms with E-state index in [4.69, 9.17) is 9.98 Å². The molecule has 8 heterocycles. The van der Waals surface area contributed by atoms with Crippen molar-refractivity contribution in [3.05, 3.63) is 251 Å². The molecule has 7 aliphatic heterocycles. The van der Waals surface area contributed by atoms with Crippen LogP contribution in [0.3, 0.4) is 0 Å². The highest BCUT2D eigenvalue weighted by Gasteiger charge is 2.34. The quantitative estimate of drug-likeness (QED) is 0.0624. The lowest BCUT2D eigenvalue weighted by atomic mass is 9.98. The highest BCUT2D eigenvalue weighted by Crippen LogP contribution is 2.35. The minimum Gasteiger partial charge on any atom is -0.357 e. The van der Waals surface area contributed by atoms with Crippen LogP contribution in [-0.4, -0.2) is 85.2 Å². The molecule has 1 aromatic heterocycles. The van der Waals surface area contributed by atoms with Gasteiger partial charge in [-0.3, -0.25) is 13.7 Å². The number of aryl methyl sites for hydroxylation is 1. The van der Waals surface area contributed by atoms with Crippen LogP contribution in [0.1, 0.15) is 41.5 Å². The van der Waals surface area contributed by atoms with Gasteiger partial charge in [-0.15, -0.1) is 0 Å². The van der Waals surface area contributed by atoms with Crippen LogP contribution in [0.2, 0.25) is 0 Å². The van der Waals surface area contributed by atoms with E-state index < -0.39 is 30.4 Å². The first-order chi connectivity index (χ1) is 37.4. The van der Waals surface area contributed by atoms with E-state index in [1.807, 2.05) is 97.5 Å². The SMILES string of the molecule is CN1C=CC(=C2C=CN(CCCCC[n+]3ccc(C4=C5C=CC(=N5)C(c5ccc(S(=O)(=O)O)cc5)=C5C=CC(=[NH+]5)C(c5ccc(S(=O)(=O)O)cc5)=C5C=CC(=[NH+]5)C(c5ccc(S(=O)(=O)O)cc5)=C5C=CC4=N5)cc3)C=C2)C=C1. The zero-order valence-corrected chi connectivity index (χ0v) is 44.2. The molecule has 19 heteroatoms. The molecule has 7 aliphatic rings. The van der Waals surface area contributed by atoms with Gasteiger partial charge in [0.15, 0.2) is 12.4 Å². The van der Waals surface area contributed by atoms with Crippen LogP contribution >= 0.6 is 0 Å². The second kappa shape index (κ2) is 20.8. The number of allylic oxidation sites excluding steroid dienone is 18. The Hall–Kier alpha value is -8.56. The zero-order chi connectivity index (χ0) is 54.3. The van der Waals surface area contributed by atoms with Gasteiger partial charge in [0, 0.05) is 86.8 Å². The van der Waals surface area contributed by atoms with Crippen molar-refractivity contribution < 1.29 is 53.5 Å². The molecule has 16 nitrogen and oxygen atoms in total. The molecule has 0 amide bonds. The fourth-order valence-corrected chi connectivity index (χ4v) is 11.3. The summed E-state index contributed by atoms with van der Waals surface area (Å²) in [5.41, 5.74) is 11.9. The third kappa shape index (κ3) is 10.9. The number of unbranched alkanes of at least 4 members (excludes halogenated alkanes) is 2. The fourth-order valence-electron chi connectivity index (χ4n) is 9.83. The van der Waals surface area contributed by atoms with E-state index in [0.717, 1.165) is 37.9 Å². The molecule has 0 spiro atoms. The predicted molar refractivity (Wildman–Crippen MR) is 298 cm³/mol. The first kappa shape index (κ1) is 51.5. The maximum absolute atomic E-state index is 12.2. The molecular weight excluding hydrogens is 1050 g/mol. The Balaban J connectivity index is 0.986. The smallest absolute Gasteiger partial charge is 0.294 e. The van der Waals surface area contributed by atoms with Crippen LogP contribution in [-0.2, 0) is 36.9 Å². The van der Waals surface area contributed by atoms with Crippen molar-refractivity contribution in [1.82, 2.24) is 9.80 Å². The zero-order valence-electron chi connectivity index (χ0n) is 41.8. The lowest BCUT2D eigenvalue weighted by molar-refractivity contribution is -0.697. The molecule has 0 atom stereocenters. The topological polar surface area (TPSA) is 226 Å². The fraction of sp³-hybridized carbons (Fsp3) is 0.102. The molecule has 0 radical (unpaired) electrons. The molecule has 0 aliphatic carbocycles. The maximum Gasteiger partial charge on any atom is 0.294 e. The molecule has 3 aromatic carbocycles. The first-order valence-electron chi connectivity index (χ1n) is 24.8. The van der Waals surface area contributed by atoms with E-state index in [0.29, 0.717) is 84.6 Å². The van der Waals surface area contributed by atoms with E-state index in [1.165, 1.54) is 47.5 Å². The normalized spacial score (nSPS) is 17.9. The monoisotopic (exact) mass is 1100 g/mol. The number of benzene rings is 3. The minimum atomic E-state index is -4.52. The van der Waals surface area contributed by atoms with E-state index in [1.54, 1.807) is 36.4 Å². The van der Waals surface area contributed by atoms with Crippen molar-refractivity contribution in [2.45, 2.75) is 40.5 Å². The summed E-state index contributed by atoms with van der Waals surface area (Å²) in [6.45, 7) is 1.71. The highest BCUT2D eigenvalue weighted by atomic mass is 32.2. The second-order valence-corrected chi connectivity index (χ2v) is 23.2.